The number of ether oxygens (including phenoxy) is 1. The molecule has 1 heterocycles. The maximum absolute atomic E-state index is 5.46. The first-order chi connectivity index (χ1) is 7.68. The highest BCUT2D eigenvalue weighted by atomic mass is 16.5. The lowest BCUT2D eigenvalue weighted by atomic mass is 10.2. The predicted octanol–water partition coefficient (Wildman–Crippen LogP) is 1.53. The first-order valence-corrected chi connectivity index (χ1v) is 5.57. The largest absolute Gasteiger partial charge is 0.382 e. The van der Waals surface area contributed by atoms with Crippen LogP contribution in [0.25, 0.3) is 0 Å². The molecule has 5 heteroatoms. The molecule has 0 aliphatic heterocycles. The van der Waals surface area contributed by atoms with Gasteiger partial charge in [0.25, 0.3) is 0 Å². The molecule has 0 spiro atoms. The van der Waals surface area contributed by atoms with E-state index in [1.807, 2.05) is 0 Å². The molecular weight excluding hydrogens is 204 g/mol. The van der Waals surface area contributed by atoms with Gasteiger partial charge in [0.05, 0.1) is 12.4 Å². The number of hydrogen-bond acceptors (Lipinski definition) is 5. The van der Waals surface area contributed by atoms with Crippen LogP contribution >= 0.6 is 0 Å². The number of anilines is 2. The van der Waals surface area contributed by atoms with Crippen molar-refractivity contribution in [2.24, 2.45) is 5.92 Å². The number of nitrogens with two attached hydrogens (primary N) is 1. The lowest BCUT2D eigenvalue weighted by molar-refractivity contribution is 0.110. The maximum Gasteiger partial charge on any atom is 0.144 e. The first kappa shape index (κ1) is 12.7. The highest BCUT2D eigenvalue weighted by molar-refractivity contribution is 5.35. The van der Waals surface area contributed by atoms with Crippen molar-refractivity contribution >= 4 is 11.6 Å². The van der Waals surface area contributed by atoms with Crippen LogP contribution in [0.3, 0.4) is 0 Å². The van der Waals surface area contributed by atoms with E-state index in [0.717, 1.165) is 32.0 Å². The first-order valence-electron chi connectivity index (χ1n) is 5.57. The van der Waals surface area contributed by atoms with E-state index in [2.05, 4.69) is 29.1 Å². The van der Waals surface area contributed by atoms with Crippen molar-refractivity contribution in [3.05, 3.63) is 12.4 Å². The van der Waals surface area contributed by atoms with Gasteiger partial charge in [0.2, 0.25) is 0 Å². The van der Waals surface area contributed by atoms with Crippen LogP contribution in [0.1, 0.15) is 20.3 Å². The normalized spacial score (nSPS) is 10.7. The summed E-state index contributed by atoms with van der Waals surface area (Å²) in [6.45, 7) is 6.70. The molecule has 0 fully saturated rings. The van der Waals surface area contributed by atoms with Gasteiger partial charge in [0.1, 0.15) is 11.6 Å². The summed E-state index contributed by atoms with van der Waals surface area (Å²) in [7, 11) is 0. The summed E-state index contributed by atoms with van der Waals surface area (Å²) in [4.78, 5) is 8.02. The molecule has 0 amide bonds. The van der Waals surface area contributed by atoms with Gasteiger partial charge < -0.3 is 15.8 Å². The molecule has 90 valence electrons. The van der Waals surface area contributed by atoms with E-state index in [1.54, 1.807) is 6.20 Å². The number of hydrogen-bond donors (Lipinski definition) is 2. The Morgan fingerprint density at radius 3 is 2.81 bits per heavy atom. The minimum atomic E-state index is 0.436. The summed E-state index contributed by atoms with van der Waals surface area (Å²) >= 11 is 0. The van der Waals surface area contributed by atoms with Crippen LogP contribution in [0, 0.1) is 5.92 Å². The van der Waals surface area contributed by atoms with Gasteiger partial charge in [0, 0.05) is 19.8 Å². The number of nitrogens with one attached hydrogen (secondary N) is 1. The SMILES string of the molecule is CC(C)COCCCNc1cnc(N)cn1. The van der Waals surface area contributed by atoms with E-state index >= 15 is 0 Å². The zero-order valence-corrected chi connectivity index (χ0v) is 9.94. The van der Waals surface area contributed by atoms with Crippen molar-refractivity contribution in [1.29, 1.82) is 0 Å². The highest BCUT2D eigenvalue weighted by Crippen LogP contribution is 2.01. The van der Waals surface area contributed by atoms with Crippen LogP contribution in [0.2, 0.25) is 0 Å². The van der Waals surface area contributed by atoms with E-state index in [4.69, 9.17) is 10.5 Å². The fourth-order valence-corrected chi connectivity index (χ4v) is 1.14. The zero-order valence-electron chi connectivity index (χ0n) is 9.94. The number of nitrogens with zero attached hydrogens (tertiary/aromatic N) is 2. The van der Waals surface area contributed by atoms with E-state index in [1.165, 1.54) is 6.20 Å². The van der Waals surface area contributed by atoms with Gasteiger partial charge in [-0.1, -0.05) is 13.8 Å². The fourth-order valence-electron chi connectivity index (χ4n) is 1.14. The van der Waals surface area contributed by atoms with Crippen LogP contribution < -0.4 is 11.1 Å². The summed E-state index contributed by atoms with van der Waals surface area (Å²) in [5.74, 6) is 1.78. The van der Waals surface area contributed by atoms with Gasteiger partial charge in [0.15, 0.2) is 0 Å². The standard InChI is InChI=1S/C11H20N4O/c1-9(2)8-16-5-3-4-13-11-7-14-10(12)6-15-11/h6-7,9H,3-5,8H2,1-2H3,(H2,12,14)(H,13,15). The quantitative estimate of drug-likeness (QED) is 0.687. The molecule has 0 saturated heterocycles. The van der Waals surface area contributed by atoms with Crippen LogP contribution in [0.15, 0.2) is 12.4 Å². The van der Waals surface area contributed by atoms with Crippen LogP contribution in [-0.2, 0) is 4.74 Å². The Morgan fingerprint density at radius 1 is 1.38 bits per heavy atom. The third kappa shape index (κ3) is 5.50. The molecule has 0 saturated carbocycles. The van der Waals surface area contributed by atoms with E-state index < -0.39 is 0 Å². The van der Waals surface area contributed by atoms with E-state index in [0.29, 0.717) is 11.7 Å². The Balaban J connectivity index is 2.05. The van der Waals surface area contributed by atoms with E-state index in [9.17, 15) is 0 Å². The molecule has 0 atom stereocenters. The predicted molar refractivity (Wildman–Crippen MR) is 65.2 cm³/mol. The third-order valence-corrected chi connectivity index (χ3v) is 1.89. The summed E-state index contributed by atoms with van der Waals surface area (Å²) in [5, 5.41) is 3.15. The lowest BCUT2D eigenvalue weighted by Crippen LogP contribution is -2.09. The summed E-state index contributed by atoms with van der Waals surface area (Å²) in [6, 6.07) is 0. The molecule has 3 N–H and O–H groups in total. The Labute approximate surface area is 96.4 Å². The minimum absolute atomic E-state index is 0.436. The van der Waals surface area contributed by atoms with Crippen molar-refractivity contribution in [1.82, 2.24) is 9.97 Å². The van der Waals surface area contributed by atoms with Crippen molar-refractivity contribution in [3.8, 4) is 0 Å². The summed E-state index contributed by atoms with van der Waals surface area (Å²) < 4.78 is 5.46. The second-order valence-electron chi connectivity index (χ2n) is 4.08. The molecule has 1 rings (SSSR count). The fraction of sp³-hybridized carbons (Fsp3) is 0.636. The van der Waals surface area contributed by atoms with Crippen LogP contribution in [-0.4, -0.2) is 29.7 Å². The molecule has 0 unspecified atom stereocenters. The third-order valence-electron chi connectivity index (χ3n) is 1.89. The molecule has 1 aromatic heterocycles. The van der Waals surface area contributed by atoms with Gasteiger partial charge in [-0.25, -0.2) is 9.97 Å². The molecule has 0 aromatic carbocycles. The molecule has 16 heavy (non-hydrogen) atoms. The maximum atomic E-state index is 5.46. The highest BCUT2D eigenvalue weighted by Gasteiger charge is 1.95. The lowest BCUT2D eigenvalue weighted by Gasteiger charge is -2.07. The second-order valence-corrected chi connectivity index (χ2v) is 4.08. The summed E-state index contributed by atoms with van der Waals surface area (Å²) in [5.41, 5.74) is 5.43. The smallest absolute Gasteiger partial charge is 0.144 e. The monoisotopic (exact) mass is 224 g/mol. The number of nitrogen functional groups attached to an aromatic ring is 1. The van der Waals surface area contributed by atoms with Crippen LogP contribution in [0.5, 0.6) is 0 Å². The Kier molecular flexibility index (Phi) is 5.56. The van der Waals surface area contributed by atoms with Crippen molar-refractivity contribution < 1.29 is 4.74 Å². The zero-order chi connectivity index (χ0) is 11.8. The number of rotatable bonds is 7. The molecule has 0 aliphatic rings. The second kappa shape index (κ2) is 7.00. The topological polar surface area (TPSA) is 73.1 Å². The molecule has 0 bridgehead atoms. The van der Waals surface area contributed by atoms with Crippen molar-refractivity contribution in [2.75, 3.05) is 30.8 Å². The van der Waals surface area contributed by atoms with Crippen molar-refractivity contribution in [2.45, 2.75) is 20.3 Å². The summed E-state index contributed by atoms with van der Waals surface area (Å²) in [6.07, 6.45) is 4.13. The molecule has 1 aromatic rings. The van der Waals surface area contributed by atoms with Crippen LogP contribution in [0.4, 0.5) is 11.6 Å². The van der Waals surface area contributed by atoms with Crippen molar-refractivity contribution in [3.63, 3.8) is 0 Å². The Morgan fingerprint density at radius 2 is 2.19 bits per heavy atom. The molecule has 0 aliphatic carbocycles. The number of aromatic nitrogens is 2. The van der Waals surface area contributed by atoms with E-state index in [-0.39, 0.29) is 0 Å². The molecular formula is C11H20N4O. The van der Waals surface area contributed by atoms with Gasteiger partial charge in [-0.05, 0) is 12.3 Å². The molecule has 0 radical (unpaired) electrons. The van der Waals surface area contributed by atoms with Gasteiger partial charge in [-0.15, -0.1) is 0 Å². The van der Waals surface area contributed by atoms with Gasteiger partial charge in [-0.2, -0.15) is 0 Å². The molecule has 5 nitrogen and oxygen atoms in total. The minimum Gasteiger partial charge on any atom is -0.382 e. The average Bonchev–Trinajstić information content (AvgIpc) is 2.25. The average molecular weight is 224 g/mol. The van der Waals surface area contributed by atoms with Gasteiger partial charge in [-0.3, -0.25) is 0 Å². The Bertz CT molecular complexity index is 287. The Hall–Kier alpha value is -1.36. The van der Waals surface area contributed by atoms with Gasteiger partial charge >= 0.3 is 0 Å².